The molecule has 0 aliphatic heterocycles. The molecule has 0 saturated heterocycles. The van der Waals surface area contributed by atoms with Gasteiger partial charge in [-0.15, -0.1) is 0 Å². The van der Waals surface area contributed by atoms with Crippen LogP contribution in [0.15, 0.2) is 16.9 Å². The van der Waals surface area contributed by atoms with Crippen LogP contribution in [-0.4, -0.2) is 32.3 Å². The molecule has 20 heavy (non-hydrogen) atoms. The van der Waals surface area contributed by atoms with Crippen LogP contribution >= 0.6 is 0 Å². The van der Waals surface area contributed by atoms with Gasteiger partial charge in [0.15, 0.2) is 5.82 Å². The van der Waals surface area contributed by atoms with Crippen LogP contribution in [0.25, 0.3) is 11.6 Å². The van der Waals surface area contributed by atoms with Crippen molar-refractivity contribution in [1.29, 1.82) is 0 Å². The normalized spacial score (nSPS) is 13.7. The number of imidazole rings is 1. The fourth-order valence-corrected chi connectivity index (χ4v) is 2.12. The van der Waals surface area contributed by atoms with Gasteiger partial charge in [-0.3, -0.25) is 0 Å². The predicted octanol–water partition coefficient (Wildman–Crippen LogP) is 2.04. The van der Waals surface area contributed by atoms with Gasteiger partial charge in [0.2, 0.25) is 11.7 Å². The first kappa shape index (κ1) is 14.7. The topological polar surface area (TPSA) is 68.8 Å². The van der Waals surface area contributed by atoms with E-state index in [1.807, 2.05) is 17.8 Å². The Morgan fingerprint density at radius 3 is 2.70 bits per heavy atom. The largest absolute Gasteiger partial charge is 0.339 e. The standard InChI is InChI=1S/C14H23N5O/c1-6-15-10(14(2,3)4)9-11-17-12(18-20-11)13-16-7-8-19(13)5/h7-8,10,15H,6,9H2,1-5H3. The first-order chi connectivity index (χ1) is 9.41. The van der Waals surface area contributed by atoms with Crippen molar-refractivity contribution in [3.63, 3.8) is 0 Å². The number of nitrogens with one attached hydrogen (secondary N) is 1. The molecule has 0 spiro atoms. The lowest BCUT2D eigenvalue weighted by molar-refractivity contribution is 0.247. The molecule has 0 saturated carbocycles. The zero-order valence-corrected chi connectivity index (χ0v) is 12.8. The molecule has 0 radical (unpaired) electrons. The minimum atomic E-state index is 0.133. The molecule has 6 nitrogen and oxygen atoms in total. The van der Waals surface area contributed by atoms with Gasteiger partial charge in [-0.25, -0.2) is 4.98 Å². The Morgan fingerprint density at radius 2 is 2.15 bits per heavy atom. The summed E-state index contributed by atoms with van der Waals surface area (Å²) in [7, 11) is 1.91. The van der Waals surface area contributed by atoms with Crippen LogP contribution < -0.4 is 5.32 Å². The molecular weight excluding hydrogens is 254 g/mol. The molecular formula is C14H23N5O. The summed E-state index contributed by atoms with van der Waals surface area (Å²) < 4.78 is 7.24. The zero-order valence-electron chi connectivity index (χ0n) is 12.8. The van der Waals surface area contributed by atoms with Crippen LogP contribution in [-0.2, 0) is 13.5 Å². The summed E-state index contributed by atoms with van der Waals surface area (Å²) in [4.78, 5) is 8.67. The highest BCUT2D eigenvalue weighted by atomic mass is 16.5. The molecule has 0 fully saturated rings. The van der Waals surface area contributed by atoms with Crippen molar-refractivity contribution in [1.82, 2.24) is 25.0 Å². The summed E-state index contributed by atoms with van der Waals surface area (Å²) in [6.45, 7) is 9.64. The summed E-state index contributed by atoms with van der Waals surface area (Å²) in [5.41, 5.74) is 0.133. The van der Waals surface area contributed by atoms with Crippen molar-refractivity contribution in [2.45, 2.75) is 40.2 Å². The summed E-state index contributed by atoms with van der Waals surface area (Å²) in [5.74, 6) is 1.90. The third-order valence-electron chi connectivity index (χ3n) is 3.36. The molecule has 0 bridgehead atoms. The zero-order chi connectivity index (χ0) is 14.8. The Hall–Kier alpha value is -1.69. The quantitative estimate of drug-likeness (QED) is 0.905. The smallest absolute Gasteiger partial charge is 0.238 e. The number of rotatable bonds is 5. The van der Waals surface area contributed by atoms with E-state index in [1.165, 1.54) is 0 Å². The molecule has 0 amide bonds. The van der Waals surface area contributed by atoms with Crippen molar-refractivity contribution in [2.24, 2.45) is 12.5 Å². The molecule has 110 valence electrons. The van der Waals surface area contributed by atoms with Gasteiger partial charge >= 0.3 is 0 Å². The minimum Gasteiger partial charge on any atom is -0.339 e. The van der Waals surface area contributed by atoms with Crippen LogP contribution in [0, 0.1) is 5.41 Å². The predicted molar refractivity (Wildman–Crippen MR) is 77.1 cm³/mol. The summed E-state index contributed by atoms with van der Waals surface area (Å²) in [5, 5.41) is 7.50. The summed E-state index contributed by atoms with van der Waals surface area (Å²) in [6.07, 6.45) is 4.30. The van der Waals surface area contributed by atoms with Crippen LogP contribution in [0.3, 0.4) is 0 Å². The van der Waals surface area contributed by atoms with Gasteiger partial charge in [-0.1, -0.05) is 32.9 Å². The van der Waals surface area contributed by atoms with E-state index in [2.05, 4.69) is 48.1 Å². The molecule has 2 aromatic rings. The maximum Gasteiger partial charge on any atom is 0.238 e. The second-order valence-electron chi connectivity index (χ2n) is 6.05. The van der Waals surface area contributed by atoms with E-state index in [4.69, 9.17) is 4.52 Å². The first-order valence-corrected chi connectivity index (χ1v) is 6.95. The van der Waals surface area contributed by atoms with E-state index >= 15 is 0 Å². The van der Waals surface area contributed by atoms with Gasteiger partial charge in [0.05, 0.1) is 0 Å². The third kappa shape index (κ3) is 3.25. The van der Waals surface area contributed by atoms with Crippen LogP contribution in [0.4, 0.5) is 0 Å². The van der Waals surface area contributed by atoms with Crippen LogP contribution in [0.5, 0.6) is 0 Å². The van der Waals surface area contributed by atoms with Crippen molar-refractivity contribution in [2.75, 3.05) is 6.54 Å². The number of likely N-dealkylation sites (N-methyl/N-ethyl adjacent to an activating group) is 1. The molecule has 2 aromatic heterocycles. The van der Waals surface area contributed by atoms with Crippen molar-refractivity contribution < 1.29 is 4.52 Å². The Morgan fingerprint density at radius 1 is 1.40 bits per heavy atom. The van der Waals surface area contributed by atoms with Gasteiger partial charge in [-0.2, -0.15) is 4.98 Å². The lowest BCUT2D eigenvalue weighted by atomic mass is 9.84. The second kappa shape index (κ2) is 5.75. The third-order valence-corrected chi connectivity index (χ3v) is 3.36. The maximum atomic E-state index is 5.36. The Balaban J connectivity index is 2.15. The fourth-order valence-electron chi connectivity index (χ4n) is 2.12. The van der Waals surface area contributed by atoms with E-state index < -0.39 is 0 Å². The number of nitrogens with zero attached hydrogens (tertiary/aromatic N) is 4. The summed E-state index contributed by atoms with van der Waals surface area (Å²) >= 11 is 0. The van der Waals surface area contributed by atoms with Gasteiger partial charge in [0, 0.05) is 31.9 Å². The highest BCUT2D eigenvalue weighted by molar-refractivity contribution is 5.42. The molecule has 2 rings (SSSR count). The average Bonchev–Trinajstić information content (AvgIpc) is 2.96. The van der Waals surface area contributed by atoms with Crippen molar-refractivity contribution >= 4 is 0 Å². The highest BCUT2D eigenvalue weighted by Crippen LogP contribution is 2.23. The maximum absolute atomic E-state index is 5.36. The monoisotopic (exact) mass is 277 g/mol. The van der Waals surface area contributed by atoms with Gasteiger partial charge in [0.25, 0.3) is 0 Å². The molecule has 1 unspecified atom stereocenters. The van der Waals surface area contributed by atoms with Gasteiger partial charge in [-0.05, 0) is 12.0 Å². The van der Waals surface area contributed by atoms with Crippen molar-refractivity contribution in [3.05, 3.63) is 18.3 Å². The number of hydrogen-bond donors (Lipinski definition) is 1. The van der Waals surface area contributed by atoms with Gasteiger partial charge in [0.1, 0.15) is 0 Å². The first-order valence-electron chi connectivity index (χ1n) is 6.95. The molecule has 1 atom stereocenters. The average molecular weight is 277 g/mol. The molecule has 2 heterocycles. The molecule has 0 aliphatic rings. The minimum absolute atomic E-state index is 0.133. The van der Waals surface area contributed by atoms with E-state index in [0.717, 1.165) is 18.8 Å². The lowest BCUT2D eigenvalue weighted by Crippen LogP contribution is -2.41. The second-order valence-corrected chi connectivity index (χ2v) is 6.05. The number of aromatic nitrogens is 4. The highest BCUT2D eigenvalue weighted by Gasteiger charge is 2.26. The van der Waals surface area contributed by atoms with Crippen LogP contribution in [0.2, 0.25) is 0 Å². The Labute approximate surface area is 119 Å². The fraction of sp³-hybridized carbons (Fsp3) is 0.643. The Bertz CT molecular complexity index is 552. The number of hydrogen-bond acceptors (Lipinski definition) is 5. The Kier molecular flexibility index (Phi) is 4.23. The molecule has 0 aromatic carbocycles. The summed E-state index contributed by atoms with van der Waals surface area (Å²) in [6, 6.07) is 0.294. The molecule has 1 N–H and O–H groups in total. The van der Waals surface area contributed by atoms with E-state index in [1.54, 1.807) is 6.20 Å². The van der Waals surface area contributed by atoms with E-state index in [0.29, 0.717) is 17.8 Å². The van der Waals surface area contributed by atoms with E-state index in [-0.39, 0.29) is 5.41 Å². The lowest BCUT2D eigenvalue weighted by Gasteiger charge is -2.30. The SMILES string of the molecule is CCNC(Cc1nc(-c2nccn2C)no1)C(C)(C)C. The number of aryl methyl sites for hydroxylation is 1. The van der Waals surface area contributed by atoms with Gasteiger partial charge < -0.3 is 14.4 Å². The van der Waals surface area contributed by atoms with Crippen LogP contribution in [0.1, 0.15) is 33.6 Å². The van der Waals surface area contributed by atoms with E-state index in [9.17, 15) is 0 Å². The van der Waals surface area contributed by atoms with Crippen molar-refractivity contribution in [3.8, 4) is 11.6 Å². The molecule has 0 aliphatic carbocycles. The molecule has 6 heteroatoms.